The molecule has 1 aliphatic carbocycles. The Bertz CT molecular complexity index is 393. The molecule has 2 heterocycles. The van der Waals surface area contributed by atoms with Gasteiger partial charge in [0, 0.05) is 12.5 Å². The van der Waals surface area contributed by atoms with E-state index in [-0.39, 0.29) is 5.92 Å². The van der Waals surface area contributed by atoms with E-state index in [0.717, 1.165) is 37.3 Å². The molecule has 0 amide bonds. The first-order valence-electron chi connectivity index (χ1n) is 6.28. The highest BCUT2D eigenvalue weighted by atomic mass is 16.1. The second-order valence-electron chi connectivity index (χ2n) is 4.93. The maximum Gasteiger partial charge on any atom is 0.143 e. The zero-order valence-corrected chi connectivity index (χ0v) is 9.43. The number of nitrogens with zero attached hydrogens (tertiary/aromatic N) is 3. The van der Waals surface area contributed by atoms with Crippen molar-refractivity contribution in [3.63, 3.8) is 0 Å². The van der Waals surface area contributed by atoms with Crippen molar-refractivity contribution in [3.05, 3.63) is 11.6 Å². The first-order valence-corrected chi connectivity index (χ1v) is 6.28. The second-order valence-corrected chi connectivity index (χ2v) is 4.93. The van der Waals surface area contributed by atoms with Crippen molar-refractivity contribution in [1.82, 2.24) is 14.8 Å². The van der Waals surface area contributed by atoms with E-state index in [4.69, 9.17) is 0 Å². The third-order valence-corrected chi connectivity index (χ3v) is 3.92. The molecule has 0 bridgehead atoms. The highest BCUT2D eigenvalue weighted by Gasteiger charge is 2.29. The number of carbonyl (C=O) groups is 1. The number of aromatic nitrogens is 3. The molecule has 4 heteroatoms. The summed E-state index contributed by atoms with van der Waals surface area (Å²) < 4.78 is 2.21. The van der Waals surface area contributed by atoms with Gasteiger partial charge in [0.25, 0.3) is 0 Å². The van der Waals surface area contributed by atoms with Crippen LogP contribution in [0.4, 0.5) is 0 Å². The van der Waals surface area contributed by atoms with Gasteiger partial charge in [-0.1, -0.05) is 12.8 Å². The first-order chi connectivity index (χ1) is 7.90. The van der Waals surface area contributed by atoms with E-state index in [1.165, 1.54) is 25.7 Å². The summed E-state index contributed by atoms with van der Waals surface area (Å²) in [7, 11) is 0. The molecule has 0 saturated heterocycles. The van der Waals surface area contributed by atoms with Gasteiger partial charge in [0.2, 0.25) is 0 Å². The summed E-state index contributed by atoms with van der Waals surface area (Å²) in [5.74, 6) is 2.62. The molecule has 1 atom stereocenters. The Morgan fingerprint density at radius 2 is 1.81 bits per heavy atom. The molecular weight excluding hydrogens is 202 g/mol. The van der Waals surface area contributed by atoms with Crippen LogP contribution in [0.25, 0.3) is 0 Å². The summed E-state index contributed by atoms with van der Waals surface area (Å²) in [6, 6.07) is 0. The van der Waals surface area contributed by atoms with Gasteiger partial charge in [-0.05, 0) is 25.7 Å². The third kappa shape index (κ3) is 1.47. The topological polar surface area (TPSA) is 47.8 Å². The smallest absolute Gasteiger partial charge is 0.143 e. The molecule has 1 aromatic rings. The number of hydrogen-bond donors (Lipinski definition) is 0. The molecule has 0 radical (unpaired) electrons. The molecule has 86 valence electrons. The van der Waals surface area contributed by atoms with Crippen molar-refractivity contribution in [2.75, 3.05) is 0 Å². The van der Waals surface area contributed by atoms with Crippen molar-refractivity contribution in [2.45, 2.75) is 56.9 Å². The van der Waals surface area contributed by atoms with E-state index in [0.29, 0.717) is 5.92 Å². The molecule has 3 rings (SSSR count). The molecule has 0 spiro atoms. The SMILES string of the molecule is O=CC1CCCn2c1nnc2C1CCCC1. The van der Waals surface area contributed by atoms with Gasteiger partial charge in [-0.2, -0.15) is 0 Å². The third-order valence-electron chi connectivity index (χ3n) is 3.92. The Balaban J connectivity index is 1.95. The van der Waals surface area contributed by atoms with Gasteiger partial charge in [0.1, 0.15) is 17.9 Å². The lowest BCUT2D eigenvalue weighted by Gasteiger charge is -2.21. The van der Waals surface area contributed by atoms with E-state index in [9.17, 15) is 4.79 Å². The van der Waals surface area contributed by atoms with Crippen molar-refractivity contribution in [2.24, 2.45) is 0 Å². The van der Waals surface area contributed by atoms with Crippen molar-refractivity contribution < 1.29 is 4.79 Å². The van der Waals surface area contributed by atoms with Gasteiger partial charge < -0.3 is 9.36 Å². The molecule has 1 saturated carbocycles. The van der Waals surface area contributed by atoms with Gasteiger partial charge in [-0.15, -0.1) is 10.2 Å². The number of hydrogen-bond acceptors (Lipinski definition) is 3. The quantitative estimate of drug-likeness (QED) is 0.715. The van der Waals surface area contributed by atoms with Gasteiger partial charge in [0.15, 0.2) is 0 Å². The summed E-state index contributed by atoms with van der Waals surface area (Å²) in [5, 5.41) is 8.57. The Morgan fingerprint density at radius 1 is 1.06 bits per heavy atom. The number of aldehydes is 1. The fraction of sp³-hybridized carbons (Fsp3) is 0.750. The standard InChI is InChI=1S/C12H17N3O/c16-8-10-6-3-7-15-11(13-14-12(10)15)9-4-1-2-5-9/h8-10H,1-7H2. The van der Waals surface area contributed by atoms with Crippen LogP contribution in [0, 0.1) is 0 Å². The van der Waals surface area contributed by atoms with Crippen LogP contribution in [0.15, 0.2) is 0 Å². The second kappa shape index (κ2) is 4.00. The summed E-state index contributed by atoms with van der Waals surface area (Å²) in [6.07, 6.45) is 8.14. The molecular formula is C12H17N3O. The molecule has 16 heavy (non-hydrogen) atoms. The lowest BCUT2D eigenvalue weighted by molar-refractivity contribution is -0.109. The average molecular weight is 219 g/mol. The minimum atomic E-state index is -0.0172. The Kier molecular flexibility index (Phi) is 2.50. The highest BCUT2D eigenvalue weighted by Crippen LogP contribution is 2.35. The largest absolute Gasteiger partial charge is 0.314 e. The van der Waals surface area contributed by atoms with Gasteiger partial charge in [-0.3, -0.25) is 0 Å². The Hall–Kier alpha value is -1.19. The van der Waals surface area contributed by atoms with Crippen molar-refractivity contribution >= 4 is 6.29 Å². The predicted octanol–water partition coefficient (Wildman–Crippen LogP) is 2.01. The molecule has 1 fully saturated rings. The molecule has 1 aromatic heterocycles. The van der Waals surface area contributed by atoms with E-state index in [2.05, 4.69) is 14.8 Å². The Labute approximate surface area is 95.1 Å². The monoisotopic (exact) mass is 219 g/mol. The number of carbonyl (C=O) groups excluding carboxylic acids is 1. The van der Waals surface area contributed by atoms with Crippen LogP contribution in [-0.2, 0) is 11.3 Å². The summed E-state index contributed by atoms with van der Waals surface area (Å²) in [5.41, 5.74) is 0. The normalized spacial score (nSPS) is 25.6. The summed E-state index contributed by atoms with van der Waals surface area (Å²) >= 11 is 0. The van der Waals surface area contributed by atoms with Crippen LogP contribution < -0.4 is 0 Å². The maximum atomic E-state index is 11.0. The zero-order valence-electron chi connectivity index (χ0n) is 9.43. The van der Waals surface area contributed by atoms with Crippen LogP contribution in [0.2, 0.25) is 0 Å². The predicted molar refractivity (Wildman–Crippen MR) is 59.3 cm³/mol. The molecule has 1 unspecified atom stereocenters. The number of rotatable bonds is 2. The van der Waals surface area contributed by atoms with Crippen LogP contribution in [0.5, 0.6) is 0 Å². The fourth-order valence-corrected chi connectivity index (χ4v) is 3.04. The van der Waals surface area contributed by atoms with Crippen molar-refractivity contribution in [1.29, 1.82) is 0 Å². The lowest BCUT2D eigenvalue weighted by Crippen LogP contribution is -2.19. The van der Waals surface area contributed by atoms with E-state index in [1.54, 1.807) is 0 Å². The van der Waals surface area contributed by atoms with E-state index in [1.807, 2.05) is 0 Å². The lowest BCUT2D eigenvalue weighted by atomic mass is 9.99. The van der Waals surface area contributed by atoms with E-state index < -0.39 is 0 Å². The van der Waals surface area contributed by atoms with Crippen LogP contribution in [-0.4, -0.2) is 21.1 Å². The minimum Gasteiger partial charge on any atom is -0.314 e. The highest BCUT2D eigenvalue weighted by molar-refractivity contribution is 5.60. The van der Waals surface area contributed by atoms with Crippen LogP contribution >= 0.6 is 0 Å². The average Bonchev–Trinajstić information content (AvgIpc) is 2.96. The fourth-order valence-electron chi connectivity index (χ4n) is 3.04. The zero-order chi connectivity index (χ0) is 11.0. The van der Waals surface area contributed by atoms with Gasteiger partial charge in [0.05, 0.1) is 5.92 Å². The van der Waals surface area contributed by atoms with Crippen LogP contribution in [0.1, 0.15) is 62.0 Å². The summed E-state index contributed by atoms with van der Waals surface area (Å²) in [6.45, 7) is 0.999. The van der Waals surface area contributed by atoms with E-state index >= 15 is 0 Å². The molecule has 0 N–H and O–H groups in total. The number of fused-ring (bicyclic) bond motifs is 1. The molecule has 2 aliphatic rings. The minimum absolute atomic E-state index is 0.0172. The van der Waals surface area contributed by atoms with Crippen LogP contribution in [0.3, 0.4) is 0 Å². The first kappa shape index (κ1) is 10.00. The molecule has 0 aromatic carbocycles. The maximum absolute atomic E-state index is 11.0. The molecule has 4 nitrogen and oxygen atoms in total. The van der Waals surface area contributed by atoms with Crippen molar-refractivity contribution in [3.8, 4) is 0 Å². The molecule has 1 aliphatic heterocycles. The summed E-state index contributed by atoms with van der Waals surface area (Å²) in [4.78, 5) is 11.0. The Morgan fingerprint density at radius 3 is 2.56 bits per heavy atom. The van der Waals surface area contributed by atoms with Gasteiger partial charge >= 0.3 is 0 Å². The van der Waals surface area contributed by atoms with Gasteiger partial charge in [-0.25, -0.2) is 0 Å².